The Hall–Kier alpha value is -2.57. The lowest BCUT2D eigenvalue weighted by molar-refractivity contribution is 0.509. The van der Waals surface area contributed by atoms with Gasteiger partial charge in [0.1, 0.15) is 12.1 Å². The minimum Gasteiger partial charge on any atom is -0.339 e. The molecule has 90 valence electrons. The van der Waals surface area contributed by atoms with Gasteiger partial charge in [0, 0.05) is 11.8 Å². The molecular weight excluding hydrogens is 240 g/mol. The SMILES string of the molecule is Fc1ccc(Nc2ncnc3[nH]ncc23)cc1F. The van der Waals surface area contributed by atoms with Crippen molar-refractivity contribution >= 4 is 22.5 Å². The first-order chi connectivity index (χ1) is 8.74. The summed E-state index contributed by atoms with van der Waals surface area (Å²) in [6.07, 6.45) is 2.90. The third-order valence-electron chi connectivity index (χ3n) is 2.43. The third-order valence-corrected chi connectivity index (χ3v) is 2.43. The Bertz CT molecular complexity index is 709. The van der Waals surface area contributed by atoms with E-state index in [1.165, 1.54) is 12.4 Å². The highest BCUT2D eigenvalue weighted by Gasteiger charge is 2.07. The van der Waals surface area contributed by atoms with E-state index in [9.17, 15) is 8.78 Å². The van der Waals surface area contributed by atoms with Crippen LogP contribution in [0.2, 0.25) is 0 Å². The molecule has 0 aliphatic heterocycles. The fourth-order valence-corrected chi connectivity index (χ4v) is 1.58. The van der Waals surface area contributed by atoms with Crippen LogP contribution in [0, 0.1) is 11.6 Å². The highest BCUT2D eigenvalue weighted by atomic mass is 19.2. The number of anilines is 2. The van der Waals surface area contributed by atoms with Crippen LogP contribution < -0.4 is 5.32 Å². The number of nitrogens with zero attached hydrogens (tertiary/aromatic N) is 3. The van der Waals surface area contributed by atoms with E-state index in [1.54, 1.807) is 6.20 Å². The van der Waals surface area contributed by atoms with Gasteiger partial charge < -0.3 is 5.32 Å². The van der Waals surface area contributed by atoms with Crippen LogP contribution in [0.1, 0.15) is 0 Å². The van der Waals surface area contributed by atoms with E-state index in [0.29, 0.717) is 22.5 Å². The molecule has 0 amide bonds. The summed E-state index contributed by atoms with van der Waals surface area (Å²) in [5.74, 6) is -1.34. The van der Waals surface area contributed by atoms with Gasteiger partial charge in [0.05, 0.1) is 11.6 Å². The van der Waals surface area contributed by atoms with Crippen molar-refractivity contribution in [3.63, 3.8) is 0 Å². The van der Waals surface area contributed by atoms with Crippen LogP contribution in [-0.4, -0.2) is 20.2 Å². The molecule has 0 spiro atoms. The molecule has 3 rings (SSSR count). The number of halogens is 2. The van der Waals surface area contributed by atoms with Gasteiger partial charge in [-0.15, -0.1) is 0 Å². The quantitative estimate of drug-likeness (QED) is 0.729. The maximum atomic E-state index is 13.1. The van der Waals surface area contributed by atoms with Crippen molar-refractivity contribution in [1.82, 2.24) is 20.2 Å². The van der Waals surface area contributed by atoms with Gasteiger partial charge in [-0.2, -0.15) is 5.10 Å². The highest BCUT2D eigenvalue weighted by molar-refractivity contribution is 5.87. The minimum absolute atomic E-state index is 0.398. The van der Waals surface area contributed by atoms with Gasteiger partial charge in [0.2, 0.25) is 0 Å². The van der Waals surface area contributed by atoms with E-state index in [2.05, 4.69) is 25.5 Å². The Labute approximate surface area is 99.9 Å². The number of hydrogen-bond acceptors (Lipinski definition) is 4. The maximum absolute atomic E-state index is 13.1. The molecule has 0 saturated carbocycles. The summed E-state index contributed by atoms with van der Waals surface area (Å²) in [5, 5.41) is 10.1. The van der Waals surface area contributed by atoms with E-state index in [4.69, 9.17) is 0 Å². The normalized spacial score (nSPS) is 10.8. The standard InChI is InChI=1S/C11H7F2N5/c12-8-2-1-6(3-9(8)13)17-10-7-4-16-18-11(7)15-5-14-10/h1-5H,(H2,14,15,16,17,18). The second-order valence-corrected chi connectivity index (χ2v) is 3.61. The Kier molecular flexibility index (Phi) is 2.36. The topological polar surface area (TPSA) is 66.5 Å². The molecule has 0 fully saturated rings. The van der Waals surface area contributed by atoms with E-state index < -0.39 is 11.6 Å². The van der Waals surface area contributed by atoms with Crippen molar-refractivity contribution in [3.05, 3.63) is 42.4 Å². The van der Waals surface area contributed by atoms with Crippen molar-refractivity contribution in [3.8, 4) is 0 Å². The van der Waals surface area contributed by atoms with E-state index in [-0.39, 0.29) is 0 Å². The first kappa shape index (κ1) is 10.6. The van der Waals surface area contributed by atoms with Crippen molar-refractivity contribution in [2.24, 2.45) is 0 Å². The average molecular weight is 247 g/mol. The van der Waals surface area contributed by atoms with Gasteiger partial charge in [0.25, 0.3) is 0 Å². The second-order valence-electron chi connectivity index (χ2n) is 3.61. The summed E-state index contributed by atoms with van der Waals surface area (Å²) in [5.41, 5.74) is 0.963. The summed E-state index contributed by atoms with van der Waals surface area (Å²) in [6, 6.07) is 3.53. The van der Waals surface area contributed by atoms with Crippen molar-refractivity contribution in [2.45, 2.75) is 0 Å². The molecule has 18 heavy (non-hydrogen) atoms. The minimum atomic E-state index is -0.919. The van der Waals surface area contributed by atoms with Crippen molar-refractivity contribution in [1.29, 1.82) is 0 Å². The highest BCUT2D eigenvalue weighted by Crippen LogP contribution is 2.22. The maximum Gasteiger partial charge on any atom is 0.160 e. The summed E-state index contributed by atoms with van der Waals surface area (Å²) >= 11 is 0. The Balaban J connectivity index is 2.01. The van der Waals surface area contributed by atoms with E-state index in [1.807, 2.05) is 0 Å². The van der Waals surface area contributed by atoms with Crippen molar-refractivity contribution in [2.75, 3.05) is 5.32 Å². The number of rotatable bonds is 2. The number of H-pyrrole nitrogens is 1. The van der Waals surface area contributed by atoms with Gasteiger partial charge in [0.15, 0.2) is 17.3 Å². The molecule has 0 atom stereocenters. The zero-order chi connectivity index (χ0) is 12.5. The first-order valence-electron chi connectivity index (χ1n) is 5.10. The molecule has 2 N–H and O–H groups in total. The van der Waals surface area contributed by atoms with Gasteiger partial charge in [-0.3, -0.25) is 5.10 Å². The predicted octanol–water partition coefficient (Wildman–Crippen LogP) is 2.37. The van der Waals surface area contributed by atoms with Gasteiger partial charge in [-0.05, 0) is 12.1 Å². The van der Waals surface area contributed by atoms with Crippen LogP contribution in [0.4, 0.5) is 20.3 Å². The smallest absolute Gasteiger partial charge is 0.160 e. The van der Waals surface area contributed by atoms with Crippen LogP contribution in [0.3, 0.4) is 0 Å². The fourth-order valence-electron chi connectivity index (χ4n) is 1.58. The number of nitrogens with one attached hydrogen (secondary N) is 2. The Morgan fingerprint density at radius 2 is 2.00 bits per heavy atom. The Morgan fingerprint density at radius 3 is 2.83 bits per heavy atom. The predicted molar refractivity (Wildman–Crippen MR) is 61.3 cm³/mol. The summed E-state index contributed by atoms with van der Waals surface area (Å²) in [4.78, 5) is 8.00. The van der Waals surface area contributed by atoms with E-state index in [0.717, 1.165) is 12.1 Å². The van der Waals surface area contributed by atoms with Gasteiger partial charge in [-0.1, -0.05) is 0 Å². The molecular formula is C11H7F2N5. The molecule has 0 radical (unpaired) electrons. The number of aromatic nitrogens is 4. The first-order valence-corrected chi connectivity index (χ1v) is 5.10. The number of benzene rings is 1. The molecule has 0 saturated heterocycles. The second kappa shape index (κ2) is 4.02. The van der Waals surface area contributed by atoms with E-state index >= 15 is 0 Å². The molecule has 7 heteroatoms. The lowest BCUT2D eigenvalue weighted by Crippen LogP contribution is -1.96. The molecule has 3 aromatic rings. The van der Waals surface area contributed by atoms with Crippen LogP contribution in [-0.2, 0) is 0 Å². The van der Waals surface area contributed by atoms with Crippen LogP contribution in [0.15, 0.2) is 30.7 Å². The average Bonchev–Trinajstić information content (AvgIpc) is 2.83. The molecule has 5 nitrogen and oxygen atoms in total. The summed E-state index contributed by atoms with van der Waals surface area (Å²) in [7, 11) is 0. The zero-order valence-corrected chi connectivity index (χ0v) is 8.98. The molecule has 2 heterocycles. The molecule has 2 aromatic heterocycles. The van der Waals surface area contributed by atoms with Crippen molar-refractivity contribution < 1.29 is 8.78 Å². The van der Waals surface area contributed by atoms with Gasteiger partial charge in [-0.25, -0.2) is 18.7 Å². The zero-order valence-electron chi connectivity index (χ0n) is 8.98. The fraction of sp³-hybridized carbons (Fsp3) is 0. The van der Waals surface area contributed by atoms with Crippen LogP contribution >= 0.6 is 0 Å². The van der Waals surface area contributed by atoms with Crippen LogP contribution in [0.5, 0.6) is 0 Å². The summed E-state index contributed by atoms with van der Waals surface area (Å²) in [6.45, 7) is 0. The molecule has 0 aliphatic carbocycles. The Morgan fingerprint density at radius 1 is 1.11 bits per heavy atom. The molecule has 1 aromatic carbocycles. The third kappa shape index (κ3) is 1.75. The lowest BCUT2D eigenvalue weighted by Gasteiger charge is -2.06. The number of aromatic amines is 1. The molecule has 0 bridgehead atoms. The number of fused-ring (bicyclic) bond motifs is 1. The molecule has 0 unspecified atom stereocenters. The lowest BCUT2D eigenvalue weighted by atomic mass is 10.3. The number of hydrogen-bond donors (Lipinski definition) is 2. The molecule has 0 aliphatic rings. The monoisotopic (exact) mass is 247 g/mol. The van der Waals surface area contributed by atoms with Crippen LogP contribution in [0.25, 0.3) is 11.0 Å². The largest absolute Gasteiger partial charge is 0.339 e. The van der Waals surface area contributed by atoms with Gasteiger partial charge >= 0.3 is 0 Å². The summed E-state index contributed by atoms with van der Waals surface area (Å²) < 4.78 is 25.9.